The summed E-state index contributed by atoms with van der Waals surface area (Å²) < 4.78 is 3.72. The lowest BCUT2D eigenvalue weighted by molar-refractivity contribution is 0.236. The molecule has 2 N–H and O–H groups in total. The normalized spacial score (nSPS) is 11.9. The minimum atomic E-state index is -0.196. The maximum Gasteiger partial charge on any atom is 0.315 e. The first-order chi connectivity index (χ1) is 11.7. The largest absolute Gasteiger partial charge is 0.335 e. The Hall–Kier alpha value is -3.09. The first-order valence-electron chi connectivity index (χ1n) is 7.80. The Morgan fingerprint density at radius 2 is 2.08 bits per heavy atom. The van der Waals surface area contributed by atoms with Crippen LogP contribution in [0.3, 0.4) is 0 Å². The Balaban J connectivity index is 1.55. The second-order valence-corrected chi connectivity index (χ2v) is 5.57. The number of aromatic nitrogens is 4. The van der Waals surface area contributed by atoms with E-state index in [0.29, 0.717) is 13.1 Å². The molecule has 1 aromatic carbocycles. The molecule has 7 heteroatoms. The van der Waals surface area contributed by atoms with Gasteiger partial charge in [0.05, 0.1) is 12.0 Å². The van der Waals surface area contributed by atoms with Crippen LogP contribution in [-0.4, -0.2) is 31.4 Å². The van der Waals surface area contributed by atoms with E-state index in [2.05, 4.69) is 20.7 Å². The van der Waals surface area contributed by atoms with Gasteiger partial charge in [0.25, 0.3) is 0 Å². The average Bonchev–Trinajstić information content (AvgIpc) is 3.26. The lowest BCUT2D eigenvalue weighted by atomic mass is 10.2. The second kappa shape index (κ2) is 7.45. The molecule has 0 radical (unpaired) electrons. The summed E-state index contributed by atoms with van der Waals surface area (Å²) in [6.45, 7) is 3.06. The van der Waals surface area contributed by atoms with Gasteiger partial charge in [-0.3, -0.25) is 0 Å². The molecule has 7 nitrogen and oxygen atoms in total. The first kappa shape index (κ1) is 15.8. The molecule has 0 bridgehead atoms. The zero-order chi connectivity index (χ0) is 16.8. The summed E-state index contributed by atoms with van der Waals surface area (Å²) in [5, 5.41) is 10.1. The number of carbonyl (C=O) groups excluding carboxylic acids is 1. The molecule has 0 aliphatic rings. The van der Waals surface area contributed by atoms with Crippen molar-refractivity contribution < 1.29 is 4.79 Å². The molecule has 1 atom stereocenters. The van der Waals surface area contributed by atoms with Gasteiger partial charge in [0.1, 0.15) is 0 Å². The molecule has 3 rings (SSSR count). The summed E-state index contributed by atoms with van der Waals surface area (Å²) >= 11 is 0. The smallest absolute Gasteiger partial charge is 0.315 e. The van der Waals surface area contributed by atoms with Gasteiger partial charge in [-0.2, -0.15) is 5.10 Å². The lowest BCUT2D eigenvalue weighted by Gasteiger charge is -2.16. The van der Waals surface area contributed by atoms with E-state index in [0.717, 1.165) is 11.3 Å². The number of hydrogen-bond acceptors (Lipinski definition) is 3. The van der Waals surface area contributed by atoms with Crippen LogP contribution in [-0.2, 0) is 13.1 Å². The minimum absolute atomic E-state index is 0.000518. The molecule has 0 spiro atoms. The fourth-order valence-electron chi connectivity index (χ4n) is 2.50. The van der Waals surface area contributed by atoms with Crippen LogP contribution in [0.2, 0.25) is 0 Å². The summed E-state index contributed by atoms with van der Waals surface area (Å²) in [5.41, 5.74) is 1.95. The number of urea groups is 1. The maximum atomic E-state index is 12.1. The summed E-state index contributed by atoms with van der Waals surface area (Å²) in [7, 11) is 0. The Morgan fingerprint density at radius 1 is 1.21 bits per heavy atom. The van der Waals surface area contributed by atoms with Crippen LogP contribution >= 0.6 is 0 Å². The molecular weight excluding hydrogens is 304 g/mol. The molecule has 2 heterocycles. The molecule has 124 valence electrons. The summed E-state index contributed by atoms with van der Waals surface area (Å²) in [4.78, 5) is 16.1. The number of benzene rings is 1. The summed E-state index contributed by atoms with van der Waals surface area (Å²) in [6, 6.07) is 9.53. The molecule has 0 aliphatic carbocycles. The van der Waals surface area contributed by atoms with E-state index < -0.39 is 0 Å². The third-order valence-electron chi connectivity index (χ3n) is 3.60. The van der Waals surface area contributed by atoms with E-state index in [1.807, 2.05) is 54.2 Å². The van der Waals surface area contributed by atoms with E-state index >= 15 is 0 Å². The van der Waals surface area contributed by atoms with Crippen molar-refractivity contribution >= 4 is 6.03 Å². The number of carbonyl (C=O) groups is 1. The van der Waals surface area contributed by atoms with Crippen LogP contribution < -0.4 is 10.6 Å². The van der Waals surface area contributed by atoms with Crippen molar-refractivity contribution in [3.8, 4) is 5.69 Å². The number of nitrogens with zero attached hydrogens (tertiary/aromatic N) is 4. The number of rotatable bonds is 6. The van der Waals surface area contributed by atoms with Gasteiger partial charge in [-0.15, -0.1) is 0 Å². The minimum Gasteiger partial charge on any atom is -0.335 e. The van der Waals surface area contributed by atoms with Crippen molar-refractivity contribution in [2.75, 3.05) is 0 Å². The van der Waals surface area contributed by atoms with Crippen LogP contribution in [0, 0.1) is 0 Å². The summed E-state index contributed by atoms with van der Waals surface area (Å²) in [6.07, 6.45) is 8.94. The highest BCUT2D eigenvalue weighted by Crippen LogP contribution is 2.12. The molecule has 0 fully saturated rings. The molecule has 2 amide bonds. The van der Waals surface area contributed by atoms with Crippen LogP contribution in [0.4, 0.5) is 4.79 Å². The Morgan fingerprint density at radius 3 is 2.83 bits per heavy atom. The van der Waals surface area contributed by atoms with E-state index in [1.165, 1.54) is 0 Å². The number of nitrogens with one attached hydrogen (secondary N) is 2. The highest BCUT2D eigenvalue weighted by atomic mass is 16.2. The fourth-order valence-corrected chi connectivity index (χ4v) is 2.50. The number of para-hydroxylation sites is 1. The monoisotopic (exact) mass is 324 g/mol. The van der Waals surface area contributed by atoms with Crippen LogP contribution in [0.1, 0.15) is 12.5 Å². The third-order valence-corrected chi connectivity index (χ3v) is 3.60. The van der Waals surface area contributed by atoms with Gasteiger partial charge in [0.15, 0.2) is 0 Å². The standard InChI is InChI=1S/C17H20N6O/c1-14(12-22-10-8-18-13-22)21-17(24)19-11-15-5-2-3-6-16(15)23-9-4-7-20-23/h2-10,13-14H,11-12H2,1H3,(H2,19,21,24)/t14-/m1/s1. The van der Waals surface area contributed by atoms with E-state index in [4.69, 9.17) is 0 Å². The van der Waals surface area contributed by atoms with Gasteiger partial charge in [-0.05, 0) is 24.6 Å². The predicted octanol–water partition coefficient (Wildman–Crippen LogP) is 1.96. The van der Waals surface area contributed by atoms with Gasteiger partial charge in [0, 0.05) is 43.9 Å². The van der Waals surface area contributed by atoms with Gasteiger partial charge < -0.3 is 15.2 Å². The number of imidazole rings is 1. The molecule has 24 heavy (non-hydrogen) atoms. The molecular formula is C17H20N6O. The zero-order valence-corrected chi connectivity index (χ0v) is 13.5. The SMILES string of the molecule is C[C@H](Cn1ccnc1)NC(=O)NCc1ccccc1-n1cccn1. The number of hydrogen-bond donors (Lipinski definition) is 2. The van der Waals surface area contributed by atoms with Crippen molar-refractivity contribution in [2.45, 2.75) is 26.1 Å². The molecule has 3 aromatic rings. The number of amides is 2. The van der Waals surface area contributed by atoms with Gasteiger partial charge >= 0.3 is 6.03 Å². The average molecular weight is 324 g/mol. The van der Waals surface area contributed by atoms with Gasteiger partial charge in [0.2, 0.25) is 0 Å². The van der Waals surface area contributed by atoms with Crippen LogP contribution in [0.15, 0.2) is 61.4 Å². The zero-order valence-electron chi connectivity index (χ0n) is 13.5. The maximum absolute atomic E-state index is 12.1. The van der Waals surface area contributed by atoms with E-state index in [-0.39, 0.29) is 12.1 Å². The van der Waals surface area contributed by atoms with Gasteiger partial charge in [-0.25, -0.2) is 14.5 Å². The molecule has 0 unspecified atom stereocenters. The van der Waals surface area contributed by atoms with Crippen molar-refractivity contribution in [3.05, 3.63) is 67.0 Å². The van der Waals surface area contributed by atoms with Crippen molar-refractivity contribution in [3.63, 3.8) is 0 Å². The molecule has 0 aliphatic heterocycles. The molecule has 0 saturated carbocycles. The first-order valence-corrected chi connectivity index (χ1v) is 7.80. The van der Waals surface area contributed by atoms with Crippen LogP contribution in [0.25, 0.3) is 5.69 Å². The van der Waals surface area contributed by atoms with Crippen molar-refractivity contribution in [2.24, 2.45) is 0 Å². The molecule has 0 saturated heterocycles. The van der Waals surface area contributed by atoms with Crippen LogP contribution in [0.5, 0.6) is 0 Å². The van der Waals surface area contributed by atoms with E-state index in [9.17, 15) is 4.79 Å². The Kier molecular flexibility index (Phi) is 4.90. The van der Waals surface area contributed by atoms with Crippen molar-refractivity contribution in [1.82, 2.24) is 30.0 Å². The van der Waals surface area contributed by atoms with Crippen molar-refractivity contribution in [1.29, 1.82) is 0 Å². The lowest BCUT2D eigenvalue weighted by Crippen LogP contribution is -2.42. The van der Waals surface area contributed by atoms with E-state index in [1.54, 1.807) is 23.4 Å². The Labute approximate surface area is 140 Å². The quantitative estimate of drug-likeness (QED) is 0.727. The Bertz CT molecular complexity index is 766. The molecule has 2 aromatic heterocycles. The topological polar surface area (TPSA) is 76.8 Å². The second-order valence-electron chi connectivity index (χ2n) is 5.57. The third kappa shape index (κ3) is 4.01. The highest BCUT2D eigenvalue weighted by Gasteiger charge is 2.09. The highest BCUT2D eigenvalue weighted by molar-refractivity contribution is 5.74. The predicted molar refractivity (Wildman–Crippen MR) is 90.6 cm³/mol. The summed E-state index contributed by atoms with van der Waals surface area (Å²) in [5.74, 6) is 0. The fraction of sp³-hybridized carbons (Fsp3) is 0.235. The van der Waals surface area contributed by atoms with Gasteiger partial charge in [-0.1, -0.05) is 18.2 Å².